The minimum Gasteiger partial charge on any atom is -0.478 e. The van der Waals surface area contributed by atoms with E-state index in [1.165, 1.54) is 0 Å². The van der Waals surface area contributed by atoms with Gasteiger partial charge in [0.1, 0.15) is 0 Å². The summed E-state index contributed by atoms with van der Waals surface area (Å²) in [6.45, 7) is 9.05. The monoisotopic (exact) mass is 304 g/mol. The minimum atomic E-state index is -0.921. The summed E-state index contributed by atoms with van der Waals surface area (Å²) in [5.74, 6) is -0.752. The number of carboxylic acid groups (broad SMARTS) is 1. The van der Waals surface area contributed by atoms with Crippen molar-refractivity contribution in [3.05, 3.63) is 35.4 Å². The molecule has 5 nitrogen and oxygen atoms in total. The first-order valence-corrected chi connectivity index (χ1v) is 7.73. The van der Waals surface area contributed by atoms with Crippen LogP contribution in [0.15, 0.2) is 24.3 Å². The normalized spacial score (nSPS) is 18.5. The number of rotatable bonds is 5. The van der Waals surface area contributed by atoms with Gasteiger partial charge in [0, 0.05) is 26.2 Å². The molecule has 0 radical (unpaired) electrons. The second kappa shape index (κ2) is 6.48. The maximum absolute atomic E-state index is 12.6. The fourth-order valence-electron chi connectivity index (χ4n) is 2.88. The smallest absolute Gasteiger partial charge is 0.335 e. The topological polar surface area (TPSA) is 60.9 Å². The number of hydrogen-bond donors (Lipinski definition) is 1. The Hall–Kier alpha value is -1.88. The Bertz CT molecular complexity index is 552. The highest BCUT2D eigenvalue weighted by molar-refractivity contribution is 5.87. The van der Waals surface area contributed by atoms with Crippen molar-refractivity contribution in [2.45, 2.75) is 39.3 Å². The lowest BCUT2D eigenvalue weighted by atomic mass is 9.96. The van der Waals surface area contributed by atoms with Gasteiger partial charge in [-0.3, -0.25) is 9.69 Å². The number of nitrogens with zero attached hydrogens (tertiary/aromatic N) is 2. The quantitative estimate of drug-likeness (QED) is 0.906. The Labute approximate surface area is 131 Å². The van der Waals surface area contributed by atoms with E-state index >= 15 is 0 Å². The van der Waals surface area contributed by atoms with E-state index in [0.29, 0.717) is 6.54 Å². The number of benzene rings is 1. The number of aromatic carboxylic acids is 1. The van der Waals surface area contributed by atoms with Crippen molar-refractivity contribution in [3.63, 3.8) is 0 Å². The van der Waals surface area contributed by atoms with E-state index in [1.807, 2.05) is 30.9 Å². The van der Waals surface area contributed by atoms with Crippen LogP contribution in [0.2, 0.25) is 0 Å². The van der Waals surface area contributed by atoms with Crippen molar-refractivity contribution in [3.8, 4) is 0 Å². The van der Waals surface area contributed by atoms with Crippen molar-refractivity contribution < 1.29 is 14.7 Å². The van der Waals surface area contributed by atoms with E-state index in [1.54, 1.807) is 12.1 Å². The van der Waals surface area contributed by atoms with Gasteiger partial charge in [0.15, 0.2) is 0 Å². The number of carbonyl (C=O) groups excluding carboxylic acids is 1. The number of hydrogen-bond acceptors (Lipinski definition) is 3. The third kappa shape index (κ3) is 3.30. The number of carboxylic acids is 1. The van der Waals surface area contributed by atoms with Gasteiger partial charge in [-0.1, -0.05) is 19.1 Å². The largest absolute Gasteiger partial charge is 0.478 e. The van der Waals surface area contributed by atoms with E-state index in [9.17, 15) is 9.59 Å². The summed E-state index contributed by atoms with van der Waals surface area (Å²) >= 11 is 0. The van der Waals surface area contributed by atoms with E-state index < -0.39 is 11.5 Å². The van der Waals surface area contributed by atoms with Gasteiger partial charge in [0.05, 0.1) is 11.1 Å². The second-order valence-corrected chi connectivity index (χ2v) is 6.27. The Morgan fingerprint density at radius 1 is 1.23 bits per heavy atom. The molecule has 0 atom stereocenters. The molecule has 1 heterocycles. The molecule has 0 bridgehead atoms. The van der Waals surface area contributed by atoms with Gasteiger partial charge >= 0.3 is 5.97 Å². The van der Waals surface area contributed by atoms with Crippen LogP contribution in [0.1, 0.15) is 43.1 Å². The van der Waals surface area contributed by atoms with Crippen LogP contribution in [0.5, 0.6) is 0 Å². The zero-order valence-electron chi connectivity index (χ0n) is 13.5. The summed E-state index contributed by atoms with van der Waals surface area (Å²) in [4.78, 5) is 27.6. The van der Waals surface area contributed by atoms with Crippen molar-refractivity contribution >= 4 is 11.9 Å². The minimum absolute atomic E-state index is 0.169. The van der Waals surface area contributed by atoms with Crippen molar-refractivity contribution in [1.82, 2.24) is 9.80 Å². The van der Waals surface area contributed by atoms with E-state index in [0.717, 1.165) is 31.6 Å². The molecular formula is C17H24N2O3. The van der Waals surface area contributed by atoms with Gasteiger partial charge in [0.25, 0.3) is 0 Å². The highest BCUT2D eigenvalue weighted by Crippen LogP contribution is 2.25. The molecule has 2 rings (SSSR count). The number of amides is 1. The molecule has 1 aromatic carbocycles. The maximum Gasteiger partial charge on any atom is 0.335 e. The summed E-state index contributed by atoms with van der Waals surface area (Å²) < 4.78 is 0. The standard InChI is InChI=1S/C17H24N2O3/c1-4-9-18-10-11-19(17(2,3)16(18)22)12-13-5-7-14(8-6-13)15(20)21/h5-8H,4,9-12H2,1-3H3,(H,20,21). The SMILES string of the molecule is CCCN1CCN(Cc2ccc(C(=O)O)cc2)C(C)(C)C1=O. The highest BCUT2D eigenvalue weighted by atomic mass is 16.4. The maximum atomic E-state index is 12.6. The van der Waals surface area contributed by atoms with Crippen LogP contribution in [0.25, 0.3) is 0 Å². The fraction of sp³-hybridized carbons (Fsp3) is 0.529. The molecule has 0 aromatic heterocycles. The van der Waals surface area contributed by atoms with Crippen LogP contribution in [-0.2, 0) is 11.3 Å². The predicted octanol–water partition coefficient (Wildman–Crippen LogP) is 2.22. The molecule has 1 fully saturated rings. The lowest BCUT2D eigenvalue weighted by Gasteiger charge is -2.46. The zero-order chi connectivity index (χ0) is 16.3. The van der Waals surface area contributed by atoms with Crippen LogP contribution in [0.4, 0.5) is 0 Å². The molecule has 0 saturated carbocycles. The molecular weight excluding hydrogens is 280 g/mol. The van der Waals surface area contributed by atoms with Gasteiger partial charge in [-0.15, -0.1) is 0 Å². The van der Waals surface area contributed by atoms with Crippen LogP contribution in [-0.4, -0.2) is 52.0 Å². The zero-order valence-corrected chi connectivity index (χ0v) is 13.5. The van der Waals surface area contributed by atoms with Crippen molar-refractivity contribution in [1.29, 1.82) is 0 Å². The number of carbonyl (C=O) groups is 2. The summed E-state index contributed by atoms with van der Waals surface area (Å²) in [6, 6.07) is 6.87. The molecule has 1 N–H and O–H groups in total. The predicted molar refractivity (Wildman–Crippen MR) is 84.8 cm³/mol. The lowest BCUT2D eigenvalue weighted by molar-refractivity contribution is -0.149. The lowest BCUT2D eigenvalue weighted by Crippen LogP contribution is -2.62. The molecule has 5 heteroatoms. The first kappa shape index (κ1) is 16.5. The van der Waals surface area contributed by atoms with Gasteiger partial charge in [0.2, 0.25) is 5.91 Å². The molecule has 1 aromatic rings. The molecule has 1 saturated heterocycles. The molecule has 1 aliphatic heterocycles. The third-order valence-electron chi connectivity index (χ3n) is 4.31. The summed E-state index contributed by atoms with van der Waals surface area (Å²) in [7, 11) is 0. The average Bonchev–Trinajstić information content (AvgIpc) is 2.48. The van der Waals surface area contributed by atoms with Crippen LogP contribution in [0.3, 0.4) is 0 Å². The summed E-state index contributed by atoms with van der Waals surface area (Å²) in [5.41, 5.74) is 0.778. The molecule has 0 spiro atoms. The van der Waals surface area contributed by atoms with Crippen molar-refractivity contribution in [2.24, 2.45) is 0 Å². The van der Waals surface area contributed by atoms with Crippen molar-refractivity contribution in [2.75, 3.05) is 19.6 Å². The Morgan fingerprint density at radius 2 is 1.86 bits per heavy atom. The summed E-state index contributed by atoms with van der Waals surface area (Å²) in [5, 5.41) is 8.93. The Balaban J connectivity index is 2.09. The first-order chi connectivity index (χ1) is 10.4. The van der Waals surface area contributed by atoms with Gasteiger partial charge in [-0.2, -0.15) is 0 Å². The first-order valence-electron chi connectivity index (χ1n) is 7.73. The molecule has 1 aliphatic rings. The van der Waals surface area contributed by atoms with Crippen LogP contribution in [0, 0.1) is 0 Å². The fourth-order valence-corrected chi connectivity index (χ4v) is 2.88. The van der Waals surface area contributed by atoms with Crippen LogP contribution >= 0.6 is 0 Å². The summed E-state index contributed by atoms with van der Waals surface area (Å²) in [6.07, 6.45) is 0.971. The second-order valence-electron chi connectivity index (χ2n) is 6.27. The average molecular weight is 304 g/mol. The van der Waals surface area contributed by atoms with Crippen LogP contribution < -0.4 is 0 Å². The Morgan fingerprint density at radius 3 is 2.41 bits per heavy atom. The molecule has 0 aliphatic carbocycles. The van der Waals surface area contributed by atoms with E-state index in [-0.39, 0.29) is 11.5 Å². The molecule has 22 heavy (non-hydrogen) atoms. The Kier molecular flexibility index (Phi) is 4.86. The number of piperazine rings is 1. The van der Waals surface area contributed by atoms with Gasteiger partial charge in [-0.05, 0) is 38.0 Å². The van der Waals surface area contributed by atoms with E-state index in [4.69, 9.17) is 5.11 Å². The van der Waals surface area contributed by atoms with Gasteiger partial charge < -0.3 is 10.0 Å². The molecule has 0 unspecified atom stereocenters. The van der Waals surface area contributed by atoms with Gasteiger partial charge in [-0.25, -0.2) is 4.79 Å². The van der Waals surface area contributed by atoms with E-state index in [2.05, 4.69) is 11.8 Å². The third-order valence-corrected chi connectivity index (χ3v) is 4.31. The molecule has 120 valence electrons. The molecule has 1 amide bonds. The highest BCUT2D eigenvalue weighted by Gasteiger charge is 2.41.